The molecule has 0 radical (unpaired) electrons. The van der Waals surface area contributed by atoms with Crippen molar-refractivity contribution in [3.05, 3.63) is 112 Å². The minimum atomic E-state index is -0.525. The Morgan fingerprint density at radius 2 is 1.47 bits per heavy atom. The molecule has 6 nitrogen and oxygen atoms in total. The molecule has 9 heteroatoms. The van der Waals surface area contributed by atoms with Crippen LogP contribution in [0.2, 0.25) is 15.3 Å². The molecule has 0 saturated carbocycles. The van der Waals surface area contributed by atoms with Gasteiger partial charge in [0, 0.05) is 5.56 Å². The molecule has 0 fully saturated rings. The molecular formula is C27H16Cl3N3O3. The summed E-state index contributed by atoms with van der Waals surface area (Å²) in [5, 5.41) is 3.43. The first kappa shape index (κ1) is 23.9. The molecule has 0 bridgehead atoms. The van der Waals surface area contributed by atoms with Crippen LogP contribution in [0.1, 0.15) is 10.5 Å². The molecule has 5 aromatic rings. The fraction of sp³-hybridized carbons (Fsp3) is 0. The molecule has 36 heavy (non-hydrogen) atoms. The third kappa shape index (κ3) is 5.21. The predicted molar refractivity (Wildman–Crippen MR) is 141 cm³/mol. The minimum Gasteiger partial charge on any atom is -0.457 e. The number of nitrogens with zero attached hydrogens (tertiary/aromatic N) is 2. The number of ether oxygens (including phenoxy) is 1. The van der Waals surface area contributed by atoms with Crippen molar-refractivity contribution < 1.29 is 13.9 Å². The van der Waals surface area contributed by atoms with Crippen LogP contribution in [-0.2, 0) is 0 Å². The van der Waals surface area contributed by atoms with Crippen molar-refractivity contribution >= 4 is 46.4 Å². The van der Waals surface area contributed by atoms with Crippen LogP contribution in [-0.4, -0.2) is 15.9 Å². The zero-order valence-corrected chi connectivity index (χ0v) is 20.7. The third-order valence-corrected chi connectivity index (χ3v) is 5.93. The van der Waals surface area contributed by atoms with Gasteiger partial charge in [-0.3, -0.25) is 4.79 Å². The zero-order chi connectivity index (χ0) is 25.1. The summed E-state index contributed by atoms with van der Waals surface area (Å²) in [6.45, 7) is 0. The van der Waals surface area contributed by atoms with Gasteiger partial charge in [0.25, 0.3) is 5.91 Å². The molecule has 0 saturated heterocycles. The van der Waals surface area contributed by atoms with E-state index in [4.69, 9.17) is 44.0 Å². The molecule has 0 unspecified atom stereocenters. The molecule has 0 aliphatic carbocycles. The number of aromatic nitrogens is 2. The normalized spacial score (nSPS) is 10.8. The lowest BCUT2D eigenvalue weighted by molar-refractivity contribution is 0.102. The van der Waals surface area contributed by atoms with Gasteiger partial charge >= 0.3 is 0 Å². The summed E-state index contributed by atoms with van der Waals surface area (Å²) in [4.78, 5) is 21.8. The van der Waals surface area contributed by atoms with E-state index in [1.54, 1.807) is 60.7 Å². The summed E-state index contributed by atoms with van der Waals surface area (Å²) in [6, 6.07) is 26.6. The van der Waals surface area contributed by atoms with E-state index < -0.39 is 5.91 Å². The topological polar surface area (TPSA) is 77.2 Å². The van der Waals surface area contributed by atoms with Crippen LogP contribution in [0.3, 0.4) is 0 Å². The summed E-state index contributed by atoms with van der Waals surface area (Å²) >= 11 is 18.5. The van der Waals surface area contributed by atoms with Gasteiger partial charge in [0.2, 0.25) is 5.89 Å². The maximum absolute atomic E-state index is 13.2. The van der Waals surface area contributed by atoms with Crippen molar-refractivity contribution in [3.8, 4) is 34.3 Å². The fourth-order valence-electron chi connectivity index (χ4n) is 3.40. The SMILES string of the molecule is O=C(Nc1ccccc1Cl)c1nc(-c2ccc(Oc3ccccc3)cc2)oc1-c1ccc(Cl)nc1Cl. The predicted octanol–water partition coefficient (Wildman–Crippen LogP) is 8.41. The number of benzene rings is 3. The molecular weight excluding hydrogens is 521 g/mol. The van der Waals surface area contributed by atoms with E-state index >= 15 is 0 Å². The van der Waals surface area contributed by atoms with Gasteiger partial charge in [-0.05, 0) is 60.7 Å². The van der Waals surface area contributed by atoms with Crippen LogP contribution in [0.15, 0.2) is 95.4 Å². The highest BCUT2D eigenvalue weighted by atomic mass is 35.5. The van der Waals surface area contributed by atoms with Crippen molar-refractivity contribution in [2.75, 3.05) is 5.32 Å². The molecule has 178 valence electrons. The molecule has 0 aliphatic heterocycles. The lowest BCUT2D eigenvalue weighted by atomic mass is 10.2. The number of anilines is 1. The van der Waals surface area contributed by atoms with E-state index in [0.717, 1.165) is 0 Å². The molecule has 2 aromatic heterocycles. The second-order valence-corrected chi connectivity index (χ2v) is 8.70. The average molecular weight is 537 g/mol. The van der Waals surface area contributed by atoms with E-state index in [-0.39, 0.29) is 27.7 Å². The highest BCUT2D eigenvalue weighted by Gasteiger charge is 2.25. The Morgan fingerprint density at radius 1 is 0.778 bits per heavy atom. The van der Waals surface area contributed by atoms with Gasteiger partial charge in [-0.15, -0.1) is 0 Å². The van der Waals surface area contributed by atoms with Gasteiger partial charge in [0.1, 0.15) is 21.8 Å². The van der Waals surface area contributed by atoms with E-state index in [1.165, 1.54) is 0 Å². The van der Waals surface area contributed by atoms with Crippen molar-refractivity contribution in [2.45, 2.75) is 0 Å². The fourth-order valence-corrected chi connectivity index (χ4v) is 4.01. The largest absolute Gasteiger partial charge is 0.457 e. The lowest BCUT2D eigenvalue weighted by Gasteiger charge is -2.06. The van der Waals surface area contributed by atoms with Gasteiger partial charge < -0.3 is 14.5 Å². The highest BCUT2D eigenvalue weighted by Crippen LogP contribution is 2.35. The first-order valence-electron chi connectivity index (χ1n) is 10.7. The molecule has 0 spiro atoms. The van der Waals surface area contributed by atoms with Crippen LogP contribution in [0, 0.1) is 0 Å². The second kappa shape index (κ2) is 10.4. The molecule has 5 rings (SSSR count). The van der Waals surface area contributed by atoms with Gasteiger partial charge in [-0.2, -0.15) is 0 Å². The maximum atomic E-state index is 13.2. The Labute approximate surface area is 221 Å². The first-order valence-corrected chi connectivity index (χ1v) is 11.8. The standard InChI is InChI=1S/C27H16Cl3N3O3/c28-20-8-4-5-9-21(20)31-26(34)23-24(19-14-15-22(29)32-25(19)30)36-27(33-23)16-10-12-18(13-11-16)35-17-6-2-1-3-7-17/h1-15H,(H,31,34). The summed E-state index contributed by atoms with van der Waals surface area (Å²) in [5.41, 5.74) is 1.45. The monoisotopic (exact) mass is 535 g/mol. The smallest absolute Gasteiger partial charge is 0.278 e. The number of para-hydroxylation sites is 2. The number of pyridine rings is 1. The van der Waals surface area contributed by atoms with Crippen molar-refractivity contribution in [1.29, 1.82) is 0 Å². The maximum Gasteiger partial charge on any atom is 0.278 e. The number of oxazole rings is 1. The Bertz CT molecular complexity index is 1540. The molecule has 1 amide bonds. The number of rotatable bonds is 6. The third-order valence-electron chi connectivity index (χ3n) is 5.10. The molecule has 1 N–H and O–H groups in total. The molecule has 0 atom stereocenters. The number of carbonyl (C=O) groups is 1. The quantitative estimate of drug-likeness (QED) is 0.220. The highest BCUT2D eigenvalue weighted by molar-refractivity contribution is 6.35. The number of nitrogens with one attached hydrogen (secondary N) is 1. The summed E-state index contributed by atoms with van der Waals surface area (Å²) in [5.74, 6) is 1.19. The molecule has 3 aromatic carbocycles. The molecule has 0 aliphatic rings. The van der Waals surface area contributed by atoms with Gasteiger partial charge in [-0.1, -0.05) is 65.1 Å². The van der Waals surface area contributed by atoms with Crippen molar-refractivity contribution in [1.82, 2.24) is 9.97 Å². The molecule has 2 heterocycles. The Hall–Kier alpha value is -3.84. The van der Waals surface area contributed by atoms with Gasteiger partial charge in [0.05, 0.1) is 16.3 Å². The van der Waals surface area contributed by atoms with E-state index in [2.05, 4.69) is 15.3 Å². The lowest BCUT2D eigenvalue weighted by Crippen LogP contribution is -2.14. The number of hydrogen-bond acceptors (Lipinski definition) is 5. The number of hydrogen-bond donors (Lipinski definition) is 1. The van der Waals surface area contributed by atoms with Crippen LogP contribution in [0.25, 0.3) is 22.8 Å². The van der Waals surface area contributed by atoms with E-state index in [0.29, 0.717) is 33.3 Å². The first-order chi connectivity index (χ1) is 17.5. The van der Waals surface area contributed by atoms with E-state index in [9.17, 15) is 4.79 Å². The Kier molecular flexibility index (Phi) is 6.91. The van der Waals surface area contributed by atoms with Crippen molar-refractivity contribution in [2.24, 2.45) is 0 Å². The average Bonchev–Trinajstić information content (AvgIpc) is 3.32. The zero-order valence-electron chi connectivity index (χ0n) is 18.4. The van der Waals surface area contributed by atoms with Gasteiger partial charge in [-0.25, -0.2) is 9.97 Å². The summed E-state index contributed by atoms with van der Waals surface area (Å²) < 4.78 is 11.9. The summed E-state index contributed by atoms with van der Waals surface area (Å²) in [7, 11) is 0. The van der Waals surface area contributed by atoms with Crippen LogP contribution >= 0.6 is 34.8 Å². The number of halogens is 3. The second-order valence-electron chi connectivity index (χ2n) is 7.54. The van der Waals surface area contributed by atoms with Crippen LogP contribution < -0.4 is 10.1 Å². The Morgan fingerprint density at radius 3 is 2.19 bits per heavy atom. The van der Waals surface area contributed by atoms with Crippen molar-refractivity contribution in [3.63, 3.8) is 0 Å². The minimum absolute atomic E-state index is 0.0144. The van der Waals surface area contributed by atoms with Crippen LogP contribution in [0.4, 0.5) is 5.69 Å². The van der Waals surface area contributed by atoms with Gasteiger partial charge in [0.15, 0.2) is 11.5 Å². The van der Waals surface area contributed by atoms with E-state index in [1.807, 2.05) is 30.3 Å². The Balaban J connectivity index is 1.51. The summed E-state index contributed by atoms with van der Waals surface area (Å²) in [6.07, 6.45) is 0. The van der Waals surface area contributed by atoms with Crippen LogP contribution in [0.5, 0.6) is 11.5 Å². The number of amides is 1. The number of carbonyl (C=O) groups excluding carboxylic acids is 1.